The summed E-state index contributed by atoms with van der Waals surface area (Å²) in [5.74, 6) is -0.462. The first-order valence-corrected chi connectivity index (χ1v) is 4.87. The number of nitrogens with one attached hydrogen (secondary N) is 1. The van der Waals surface area contributed by atoms with E-state index in [2.05, 4.69) is 10.3 Å². The van der Waals surface area contributed by atoms with Gasteiger partial charge in [0.05, 0.1) is 11.1 Å². The smallest absolute Gasteiger partial charge is 0.358 e. The molecule has 0 aliphatic carbocycles. The Morgan fingerprint density at radius 3 is 2.62 bits per heavy atom. The lowest BCUT2D eigenvalue weighted by Gasteiger charge is -2.06. The van der Waals surface area contributed by atoms with Crippen LogP contribution in [-0.2, 0) is 0 Å². The number of nitrogens with zero attached hydrogens (tertiary/aromatic N) is 2. The zero-order chi connectivity index (χ0) is 12.3. The van der Waals surface area contributed by atoms with E-state index in [1.54, 1.807) is 20.8 Å². The molecule has 0 aromatic carbocycles. The van der Waals surface area contributed by atoms with Crippen molar-refractivity contribution in [3.8, 4) is 0 Å². The highest BCUT2D eigenvalue weighted by Gasteiger charge is 2.20. The molecule has 16 heavy (non-hydrogen) atoms. The number of aromatic nitrogens is 1. The van der Waals surface area contributed by atoms with Crippen molar-refractivity contribution in [2.24, 2.45) is 0 Å². The average molecular weight is 223 g/mol. The van der Waals surface area contributed by atoms with Gasteiger partial charge >= 0.3 is 5.82 Å². The molecular formula is C10H13N3O3. The molecule has 0 fully saturated rings. The van der Waals surface area contributed by atoms with Gasteiger partial charge in [-0.2, -0.15) is 0 Å². The second kappa shape index (κ2) is 4.69. The third-order valence-electron chi connectivity index (χ3n) is 2.37. The normalized spacial score (nSPS) is 9.94. The summed E-state index contributed by atoms with van der Waals surface area (Å²) in [6.07, 6.45) is 1.24. The number of rotatable bonds is 3. The molecule has 0 aliphatic heterocycles. The van der Waals surface area contributed by atoms with Gasteiger partial charge in [0.25, 0.3) is 5.91 Å². The number of carbonyl (C=O) groups excluding carboxylic acids is 1. The van der Waals surface area contributed by atoms with Crippen molar-refractivity contribution < 1.29 is 9.72 Å². The quantitative estimate of drug-likeness (QED) is 0.619. The van der Waals surface area contributed by atoms with E-state index in [0.717, 1.165) is 0 Å². The van der Waals surface area contributed by atoms with Crippen LogP contribution >= 0.6 is 0 Å². The molecule has 0 bridgehead atoms. The number of amides is 1. The Bertz CT molecular complexity index is 443. The van der Waals surface area contributed by atoms with Crippen molar-refractivity contribution in [3.63, 3.8) is 0 Å². The Hall–Kier alpha value is -1.98. The van der Waals surface area contributed by atoms with E-state index in [9.17, 15) is 14.9 Å². The number of hydrogen-bond acceptors (Lipinski definition) is 4. The van der Waals surface area contributed by atoms with E-state index < -0.39 is 4.92 Å². The van der Waals surface area contributed by atoms with Crippen LogP contribution in [0.25, 0.3) is 0 Å². The number of carbonyl (C=O) groups is 1. The summed E-state index contributed by atoms with van der Waals surface area (Å²) >= 11 is 0. The SMILES string of the molecule is CCNC(=O)c1cnc([N+](=O)[O-])c(C)c1C. The summed E-state index contributed by atoms with van der Waals surface area (Å²) < 4.78 is 0. The Morgan fingerprint density at radius 1 is 1.50 bits per heavy atom. The summed E-state index contributed by atoms with van der Waals surface area (Å²) in [5.41, 5.74) is 1.39. The second-order valence-electron chi connectivity index (χ2n) is 3.36. The van der Waals surface area contributed by atoms with Gasteiger partial charge in [-0.05, 0) is 36.2 Å². The highest BCUT2D eigenvalue weighted by molar-refractivity contribution is 5.95. The molecule has 1 rings (SSSR count). The van der Waals surface area contributed by atoms with Crippen LogP contribution in [0.15, 0.2) is 6.20 Å². The van der Waals surface area contributed by atoms with Gasteiger partial charge in [-0.3, -0.25) is 4.79 Å². The first kappa shape index (κ1) is 12.1. The maximum Gasteiger partial charge on any atom is 0.366 e. The Kier molecular flexibility index (Phi) is 3.55. The molecule has 6 nitrogen and oxygen atoms in total. The minimum Gasteiger partial charge on any atom is -0.358 e. The predicted octanol–water partition coefficient (Wildman–Crippen LogP) is 1.36. The molecule has 1 aromatic heterocycles. The van der Waals surface area contributed by atoms with Crippen molar-refractivity contribution in [3.05, 3.63) is 33.0 Å². The topological polar surface area (TPSA) is 85.1 Å². The Labute approximate surface area is 92.8 Å². The summed E-state index contributed by atoms with van der Waals surface area (Å²) in [7, 11) is 0. The molecule has 1 N–H and O–H groups in total. The molecule has 6 heteroatoms. The van der Waals surface area contributed by atoms with Gasteiger partial charge < -0.3 is 15.4 Å². The van der Waals surface area contributed by atoms with Crippen molar-refractivity contribution >= 4 is 11.7 Å². The Balaban J connectivity index is 3.21. The lowest BCUT2D eigenvalue weighted by Crippen LogP contribution is -2.24. The molecule has 0 radical (unpaired) electrons. The van der Waals surface area contributed by atoms with Crippen molar-refractivity contribution in [2.75, 3.05) is 6.54 Å². The van der Waals surface area contributed by atoms with Crippen molar-refractivity contribution in [2.45, 2.75) is 20.8 Å². The molecule has 0 saturated carbocycles. The molecule has 1 heterocycles. The molecule has 0 aliphatic rings. The largest absolute Gasteiger partial charge is 0.366 e. The van der Waals surface area contributed by atoms with E-state index in [1.807, 2.05) is 0 Å². The van der Waals surface area contributed by atoms with Crippen LogP contribution in [0.2, 0.25) is 0 Å². The van der Waals surface area contributed by atoms with E-state index in [0.29, 0.717) is 23.2 Å². The van der Waals surface area contributed by atoms with Gasteiger partial charge in [0, 0.05) is 6.54 Å². The van der Waals surface area contributed by atoms with Gasteiger partial charge in [0.2, 0.25) is 0 Å². The first-order chi connectivity index (χ1) is 7.49. The monoisotopic (exact) mass is 223 g/mol. The molecule has 0 saturated heterocycles. The molecule has 0 spiro atoms. The van der Waals surface area contributed by atoms with Crippen LogP contribution in [0.5, 0.6) is 0 Å². The lowest BCUT2D eigenvalue weighted by atomic mass is 10.1. The van der Waals surface area contributed by atoms with Crippen molar-refractivity contribution in [1.82, 2.24) is 10.3 Å². The van der Waals surface area contributed by atoms with Gasteiger partial charge in [-0.15, -0.1) is 0 Å². The predicted molar refractivity (Wildman–Crippen MR) is 58.4 cm³/mol. The third-order valence-corrected chi connectivity index (χ3v) is 2.37. The lowest BCUT2D eigenvalue weighted by molar-refractivity contribution is -0.390. The minimum atomic E-state index is -0.552. The van der Waals surface area contributed by atoms with E-state index in [1.165, 1.54) is 6.20 Å². The fraction of sp³-hybridized carbons (Fsp3) is 0.400. The first-order valence-electron chi connectivity index (χ1n) is 4.87. The van der Waals surface area contributed by atoms with Crippen LogP contribution in [0, 0.1) is 24.0 Å². The summed E-state index contributed by atoms with van der Waals surface area (Å²) in [4.78, 5) is 25.3. The Morgan fingerprint density at radius 2 is 2.12 bits per heavy atom. The molecular weight excluding hydrogens is 210 g/mol. The summed E-state index contributed by atoms with van der Waals surface area (Å²) in [6.45, 7) is 5.57. The fourth-order valence-electron chi connectivity index (χ4n) is 1.36. The van der Waals surface area contributed by atoms with Crippen LogP contribution in [0.1, 0.15) is 28.4 Å². The maximum absolute atomic E-state index is 11.6. The molecule has 0 atom stereocenters. The van der Waals surface area contributed by atoms with E-state index in [-0.39, 0.29) is 11.7 Å². The maximum atomic E-state index is 11.6. The number of pyridine rings is 1. The van der Waals surface area contributed by atoms with Gasteiger partial charge in [0.1, 0.15) is 0 Å². The molecule has 1 amide bonds. The molecule has 86 valence electrons. The fourth-order valence-corrected chi connectivity index (χ4v) is 1.36. The zero-order valence-electron chi connectivity index (χ0n) is 9.40. The van der Waals surface area contributed by atoms with Crippen LogP contribution in [0.3, 0.4) is 0 Å². The van der Waals surface area contributed by atoms with E-state index >= 15 is 0 Å². The number of hydrogen-bond donors (Lipinski definition) is 1. The highest BCUT2D eigenvalue weighted by Crippen LogP contribution is 2.20. The van der Waals surface area contributed by atoms with Crippen LogP contribution in [-0.4, -0.2) is 22.4 Å². The summed E-state index contributed by atoms with van der Waals surface area (Å²) in [6, 6.07) is 0. The number of nitro groups is 1. The van der Waals surface area contributed by atoms with E-state index in [4.69, 9.17) is 0 Å². The average Bonchev–Trinajstić information content (AvgIpc) is 2.21. The standard InChI is InChI=1S/C10H13N3O3/c1-4-11-10(14)8-5-12-9(13(15)16)7(3)6(8)2/h5H,4H2,1-3H3,(H,11,14). The van der Waals surface area contributed by atoms with Crippen LogP contribution in [0.4, 0.5) is 5.82 Å². The van der Waals surface area contributed by atoms with Gasteiger partial charge in [-0.25, -0.2) is 0 Å². The molecule has 0 unspecified atom stereocenters. The van der Waals surface area contributed by atoms with Gasteiger partial charge in [-0.1, -0.05) is 0 Å². The minimum absolute atomic E-state index is 0.203. The van der Waals surface area contributed by atoms with Crippen LogP contribution < -0.4 is 5.32 Å². The third kappa shape index (κ3) is 2.16. The highest BCUT2D eigenvalue weighted by atomic mass is 16.6. The van der Waals surface area contributed by atoms with Crippen molar-refractivity contribution in [1.29, 1.82) is 0 Å². The second-order valence-corrected chi connectivity index (χ2v) is 3.36. The van der Waals surface area contributed by atoms with Gasteiger partial charge in [0.15, 0.2) is 6.20 Å². The zero-order valence-corrected chi connectivity index (χ0v) is 9.40. The summed E-state index contributed by atoms with van der Waals surface area (Å²) in [5, 5.41) is 13.3. The molecule has 1 aromatic rings.